The number of hydrogen-bond acceptors (Lipinski definition) is 1. The lowest BCUT2D eigenvalue weighted by molar-refractivity contribution is 0.759. The SMILES string of the molecule is CCCCCS1(F)C=CC=CN1. The van der Waals surface area contributed by atoms with E-state index in [1.807, 2.05) is 6.08 Å². The second-order valence-corrected chi connectivity index (χ2v) is 5.25. The lowest BCUT2D eigenvalue weighted by Gasteiger charge is -2.28. The van der Waals surface area contributed by atoms with Crippen LogP contribution in [-0.2, 0) is 0 Å². The van der Waals surface area contributed by atoms with Crippen molar-refractivity contribution in [1.82, 2.24) is 4.72 Å². The van der Waals surface area contributed by atoms with Crippen LogP contribution in [-0.4, -0.2) is 5.75 Å². The summed E-state index contributed by atoms with van der Waals surface area (Å²) in [5.74, 6) is 0.654. The molecule has 1 heterocycles. The minimum atomic E-state index is -2.13. The van der Waals surface area contributed by atoms with Crippen LogP contribution in [0.5, 0.6) is 0 Å². The average Bonchev–Trinajstić information content (AvgIpc) is 2.06. The third-order valence-electron chi connectivity index (χ3n) is 1.81. The van der Waals surface area contributed by atoms with Crippen molar-refractivity contribution in [3.63, 3.8) is 0 Å². The Balaban J connectivity index is 2.29. The minimum absolute atomic E-state index is 0.654. The summed E-state index contributed by atoms with van der Waals surface area (Å²) >= 11 is 0. The van der Waals surface area contributed by atoms with E-state index in [9.17, 15) is 3.89 Å². The molecule has 0 fully saturated rings. The quantitative estimate of drug-likeness (QED) is 0.668. The van der Waals surface area contributed by atoms with Gasteiger partial charge in [-0.25, -0.2) is 0 Å². The van der Waals surface area contributed by atoms with Crippen molar-refractivity contribution < 1.29 is 3.89 Å². The lowest BCUT2D eigenvalue weighted by atomic mass is 10.3. The predicted molar refractivity (Wildman–Crippen MR) is 54.5 cm³/mol. The standard InChI is InChI=1S/C9H16FNS/c1-2-3-5-8-12(10)9-6-4-7-11-12/h4,6-7,9,11H,2-3,5,8H2,1H3. The van der Waals surface area contributed by atoms with Gasteiger partial charge in [-0.1, -0.05) is 25.8 Å². The summed E-state index contributed by atoms with van der Waals surface area (Å²) in [6.07, 6.45) is 8.56. The van der Waals surface area contributed by atoms with Gasteiger partial charge >= 0.3 is 0 Å². The Kier molecular flexibility index (Phi) is 3.66. The number of hydrogen-bond donors (Lipinski definition) is 1. The average molecular weight is 189 g/mol. The fourth-order valence-electron chi connectivity index (χ4n) is 1.11. The number of nitrogens with one attached hydrogen (secondary N) is 1. The maximum Gasteiger partial charge on any atom is 0.0246 e. The molecule has 0 aromatic carbocycles. The molecule has 0 aromatic heterocycles. The van der Waals surface area contributed by atoms with Crippen molar-refractivity contribution in [3.8, 4) is 0 Å². The molecule has 0 spiro atoms. The first-order chi connectivity index (χ1) is 5.77. The molecule has 0 radical (unpaired) electrons. The van der Waals surface area contributed by atoms with Crippen LogP contribution in [0.3, 0.4) is 0 Å². The molecule has 0 aliphatic carbocycles. The molecule has 1 aliphatic rings. The molecule has 1 rings (SSSR count). The first-order valence-electron chi connectivity index (χ1n) is 4.38. The fourth-order valence-corrected chi connectivity index (χ4v) is 2.71. The van der Waals surface area contributed by atoms with Crippen molar-refractivity contribution in [1.29, 1.82) is 0 Å². The summed E-state index contributed by atoms with van der Waals surface area (Å²) in [7, 11) is -2.13. The largest absolute Gasteiger partial charge is 0.327 e. The van der Waals surface area contributed by atoms with Crippen LogP contribution >= 0.6 is 10.6 Å². The van der Waals surface area contributed by atoms with E-state index in [-0.39, 0.29) is 0 Å². The summed E-state index contributed by atoms with van der Waals surface area (Å²) < 4.78 is 16.5. The van der Waals surface area contributed by atoms with Crippen molar-refractivity contribution in [3.05, 3.63) is 23.8 Å². The lowest BCUT2D eigenvalue weighted by Crippen LogP contribution is -2.13. The molecule has 12 heavy (non-hydrogen) atoms. The number of unbranched alkanes of at least 4 members (excludes halogenated alkanes) is 2. The van der Waals surface area contributed by atoms with Crippen LogP contribution in [0.2, 0.25) is 0 Å². The molecule has 0 saturated carbocycles. The third-order valence-corrected chi connectivity index (χ3v) is 3.81. The van der Waals surface area contributed by atoms with E-state index >= 15 is 0 Å². The van der Waals surface area contributed by atoms with E-state index in [1.54, 1.807) is 17.7 Å². The molecule has 0 aromatic rings. The molecule has 0 bridgehead atoms. The number of allylic oxidation sites excluding steroid dienone is 2. The van der Waals surface area contributed by atoms with Gasteiger partial charge < -0.3 is 4.72 Å². The Labute approximate surface area is 75.5 Å². The van der Waals surface area contributed by atoms with Gasteiger partial charge in [0, 0.05) is 22.6 Å². The molecule has 3 heteroatoms. The summed E-state index contributed by atoms with van der Waals surface area (Å²) in [6.45, 7) is 2.13. The van der Waals surface area contributed by atoms with Gasteiger partial charge in [0.25, 0.3) is 0 Å². The van der Waals surface area contributed by atoms with Gasteiger partial charge in [0.2, 0.25) is 0 Å². The maximum absolute atomic E-state index is 13.7. The van der Waals surface area contributed by atoms with Gasteiger partial charge in [0.05, 0.1) is 0 Å². The highest BCUT2D eigenvalue weighted by Gasteiger charge is 2.17. The molecule has 70 valence electrons. The van der Waals surface area contributed by atoms with Gasteiger partial charge in [0.1, 0.15) is 0 Å². The highest BCUT2D eigenvalue weighted by Crippen LogP contribution is 2.49. The zero-order chi connectivity index (χ0) is 8.86. The van der Waals surface area contributed by atoms with E-state index in [1.165, 1.54) is 0 Å². The summed E-state index contributed by atoms with van der Waals surface area (Å²) in [4.78, 5) is 0. The van der Waals surface area contributed by atoms with Gasteiger partial charge in [0.15, 0.2) is 0 Å². The Morgan fingerprint density at radius 1 is 1.33 bits per heavy atom. The monoisotopic (exact) mass is 189 g/mol. The molecule has 0 amide bonds. The Morgan fingerprint density at radius 3 is 2.75 bits per heavy atom. The van der Waals surface area contributed by atoms with Crippen LogP contribution in [0.1, 0.15) is 26.2 Å². The summed E-state index contributed by atoms with van der Waals surface area (Å²) in [5, 5.41) is 1.67. The zero-order valence-corrected chi connectivity index (χ0v) is 8.24. The van der Waals surface area contributed by atoms with Gasteiger partial charge in [-0.15, -0.1) is 0 Å². The van der Waals surface area contributed by atoms with Crippen molar-refractivity contribution in [2.24, 2.45) is 0 Å². The van der Waals surface area contributed by atoms with Crippen molar-refractivity contribution >= 4 is 10.6 Å². The van der Waals surface area contributed by atoms with E-state index in [0.29, 0.717) is 5.75 Å². The number of rotatable bonds is 4. The van der Waals surface area contributed by atoms with Crippen LogP contribution in [0.25, 0.3) is 0 Å². The molecular weight excluding hydrogens is 173 g/mol. The smallest absolute Gasteiger partial charge is 0.0246 e. The van der Waals surface area contributed by atoms with Crippen LogP contribution in [0, 0.1) is 0 Å². The van der Waals surface area contributed by atoms with E-state index in [4.69, 9.17) is 0 Å². The molecule has 0 saturated heterocycles. The molecule has 1 atom stereocenters. The second kappa shape index (κ2) is 4.55. The Hall–Kier alpha value is -0.440. The highest BCUT2D eigenvalue weighted by atomic mass is 32.3. The van der Waals surface area contributed by atoms with E-state index in [0.717, 1.165) is 19.3 Å². The molecule has 1 N–H and O–H groups in total. The zero-order valence-electron chi connectivity index (χ0n) is 7.42. The van der Waals surface area contributed by atoms with E-state index in [2.05, 4.69) is 11.6 Å². The second-order valence-electron chi connectivity index (χ2n) is 2.92. The molecule has 1 aliphatic heterocycles. The van der Waals surface area contributed by atoms with E-state index < -0.39 is 10.6 Å². The Morgan fingerprint density at radius 2 is 2.17 bits per heavy atom. The summed E-state index contributed by atoms with van der Waals surface area (Å²) in [5.41, 5.74) is 0. The highest BCUT2D eigenvalue weighted by molar-refractivity contribution is 8.30. The molecule has 1 unspecified atom stereocenters. The van der Waals surface area contributed by atoms with Gasteiger partial charge in [-0.3, -0.25) is 0 Å². The van der Waals surface area contributed by atoms with Crippen molar-refractivity contribution in [2.75, 3.05) is 5.75 Å². The van der Waals surface area contributed by atoms with Crippen LogP contribution < -0.4 is 4.72 Å². The topological polar surface area (TPSA) is 12.0 Å². The van der Waals surface area contributed by atoms with Crippen molar-refractivity contribution in [2.45, 2.75) is 26.2 Å². The first-order valence-corrected chi connectivity index (χ1v) is 6.14. The third kappa shape index (κ3) is 2.89. The first kappa shape index (κ1) is 9.65. The van der Waals surface area contributed by atoms with Gasteiger partial charge in [-0.2, -0.15) is 3.89 Å². The molecule has 1 nitrogen and oxygen atoms in total. The molecular formula is C9H16FNS. The predicted octanol–water partition coefficient (Wildman–Crippen LogP) is 3.41. The summed E-state index contributed by atoms with van der Waals surface area (Å²) in [6, 6.07) is 0. The van der Waals surface area contributed by atoms with Crippen LogP contribution in [0.15, 0.2) is 23.8 Å². The number of halogens is 1. The maximum atomic E-state index is 13.7. The van der Waals surface area contributed by atoms with Crippen LogP contribution in [0.4, 0.5) is 3.89 Å². The fraction of sp³-hybridized carbons (Fsp3) is 0.556. The minimum Gasteiger partial charge on any atom is -0.327 e. The normalized spacial score (nSPS) is 32.5. The van der Waals surface area contributed by atoms with Gasteiger partial charge in [-0.05, 0) is 17.9 Å². The Bertz CT molecular complexity index is 191.